The van der Waals surface area contributed by atoms with E-state index in [2.05, 4.69) is 5.32 Å². The summed E-state index contributed by atoms with van der Waals surface area (Å²) >= 11 is 0. The van der Waals surface area contributed by atoms with Crippen LogP contribution in [-0.2, 0) is 0 Å². The molecule has 1 heterocycles. The van der Waals surface area contributed by atoms with Gasteiger partial charge < -0.3 is 15.3 Å². The van der Waals surface area contributed by atoms with Gasteiger partial charge >= 0.3 is 6.03 Å². The molecule has 1 aliphatic heterocycles. The molecule has 0 spiro atoms. The van der Waals surface area contributed by atoms with Crippen LogP contribution in [0.5, 0.6) is 0 Å². The lowest BCUT2D eigenvalue weighted by Crippen LogP contribution is -2.40. The molecule has 20 heavy (non-hydrogen) atoms. The molecule has 0 radical (unpaired) electrons. The highest BCUT2D eigenvalue weighted by Crippen LogP contribution is 2.20. The van der Waals surface area contributed by atoms with E-state index < -0.39 is 0 Å². The Hall–Kier alpha value is -1.88. The van der Waals surface area contributed by atoms with Crippen LogP contribution >= 0.6 is 0 Å². The first kappa shape index (κ1) is 14.5. The second kappa shape index (κ2) is 6.05. The summed E-state index contributed by atoms with van der Waals surface area (Å²) in [5, 5.41) is 12.1. The number of hydrogen-bond donors (Lipinski definition) is 2. The lowest BCUT2D eigenvalue weighted by molar-refractivity contribution is 0.101. The molecule has 1 atom stereocenters. The van der Waals surface area contributed by atoms with Crippen molar-refractivity contribution >= 4 is 17.5 Å². The minimum absolute atomic E-state index is 0.00424. The highest BCUT2D eigenvalue weighted by atomic mass is 16.3. The Morgan fingerprint density at radius 2 is 2.20 bits per heavy atom. The van der Waals surface area contributed by atoms with Gasteiger partial charge in [0.2, 0.25) is 0 Å². The van der Waals surface area contributed by atoms with Crippen LogP contribution in [0.1, 0.15) is 35.7 Å². The molecule has 1 aromatic carbocycles. The van der Waals surface area contributed by atoms with Crippen LogP contribution in [0.3, 0.4) is 0 Å². The van der Waals surface area contributed by atoms with E-state index in [1.165, 1.54) is 6.92 Å². The fraction of sp³-hybridized carbons (Fsp3) is 0.467. The monoisotopic (exact) mass is 276 g/mol. The van der Waals surface area contributed by atoms with Crippen molar-refractivity contribution in [2.24, 2.45) is 0 Å². The predicted octanol–water partition coefficient (Wildman–Crippen LogP) is 2.19. The number of aryl methyl sites for hydroxylation is 1. The Labute approximate surface area is 118 Å². The summed E-state index contributed by atoms with van der Waals surface area (Å²) in [6, 6.07) is 4.95. The van der Waals surface area contributed by atoms with Gasteiger partial charge in [-0.05, 0) is 50.5 Å². The van der Waals surface area contributed by atoms with Gasteiger partial charge in [-0.3, -0.25) is 4.79 Å². The molecule has 0 unspecified atom stereocenters. The Morgan fingerprint density at radius 1 is 1.45 bits per heavy atom. The molecule has 0 aromatic heterocycles. The summed E-state index contributed by atoms with van der Waals surface area (Å²) in [4.78, 5) is 25.2. The number of hydrogen-bond acceptors (Lipinski definition) is 3. The number of nitrogens with zero attached hydrogens (tertiary/aromatic N) is 1. The predicted molar refractivity (Wildman–Crippen MR) is 77.0 cm³/mol. The van der Waals surface area contributed by atoms with Crippen molar-refractivity contribution in [2.45, 2.75) is 32.7 Å². The quantitative estimate of drug-likeness (QED) is 0.831. The van der Waals surface area contributed by atoms with Crippen molar-refractivity contribution in [3.63, 3.8) is 0 Å². The maximum absolute atomic E-state index is 12.2. The van der Waals surface area contributed by atoms with Gasteiger partial charge in [0.25, 0.3) is 0 Å². The van der Waals surface area contributed by atoms with Gasteiger partial charge in [-0.25, -0.2) is 4.79 Å². The molecule has 1 aromatic rings. The number of likely N-dealkylation sites (tertiary alicyclic amines) is 1. The summed E-state index contributed by atoms with van der Waals surface area (Å²) in [7, 11) is 0. The van der Waals surface area contributed by atoms with E-state index in [0.717, 1.165) is 18.4 Å². The van der Waals surface area contributed by atoms with Crippen molar-refractivity contribution < 1.29 is 14.7 Å². The van der Waals surface area contributed by atoms with E-state index in [9.17, 15) is 14.7 Å². The topological polar surface area (TPSA) is 69.6 Å². The number of aliphatic hydroxyl groups excluding tert-OH is 1. The average molecular weight is 276 g/mol. The molecule has 2 rings (SSSR count). The Kier molecular flexibility index (Phi) is 4.39. The van der Waals surface area contributed by atoms with Gasteiger partial charge in [0.15, 0.2) is 5.78 Å². The Bertz CT molecular complexity index is 528. The number of rotatable bonds is 3. The highest BCUT2D eigenvalue weighted by Gasteiger charge is 2.28. The highest BCUT2D eigenvalue weighted by molar-refractivity contribution is 5.97. The molecular weight excluding hydrogens is 256 g/mol. The number of Topliss-reactive ketones (excluding diaryl/α,β-unsaturated/α-hetero) is 1. The molecular formula is C15H20N2O3. The second-order valence-corrected chi connectivity index (χ2v) is 5.19. The fourth-order valence-corrected chi connectivity index (χ4v) is 2.62. The number of benzene rings is 1. The summed E-state index contributed by atoms with van der Waals surface area (Å²) in [6.07, 6.45) is 1.76. The molecule has 0 bridgehead atoms. The van der Waals surface area contributed by atoms with Crippen LogP contribution in [0.2, 0.25) is 0 Å². The largest absolute Gasteiger partial charge is 0.394 e. The van der Waals surface area contributed by atoms with E-state index in [1.54, 1.807) is 23.1 Å². The van der Waals surface area contributed by atoms with E-state index in [0.29, 0.717) is 17.8 Å². The van der Waals surface area contributed by atoms with Gasteiger partial charge in [0.05, 0.1) is 12.6 Å². The minimum Gasteiger partial charge on any atom is -0.394 e. The third kappa shape index (κ3) is 2.99. The standard InChI is InChI=1S/C15H20N2O3/c1-10-8-12(5-6-14(10)11(2)19)16-15(20)17-7-3-4-13(17)9-18/h5-6,8,13,18H,3-4,7,9H2,1-2H3,(H,16,20)/t13-/m1/s1. The summed E-state index contributed by atoms with van der Waals surface area (Å²) in [6.45, 7) is 4.03. The number of nitrogens with one attached hydrogen (secondary N) is 1. The van der Waals surface area contributed by atoms with E-state index >= 15 is 0 Å². The van der Waals surface area contributed by atoms with Crippen LogP contribution in [0, 0.1) is 6.92 Å². The zero-order valence-corrected chi connectivity index (χ0v) is 11.8. The van der Waals surface area contributed by atoms with Crippen LogP contribution in [-0.4, -0.2) is 41.0 Å². The van der Waals surface area contributed by atoms with Crippen molar-refractivity contribution in [2.75, 3.05) is 18.5 Å². The van der Waals surface area contributed by atoms with Crippen LogP contribution in [0.25, 0.3) is 0 Å². The third-order valence-corrected chi connectivity index (χ3v) is 3.71. The number of anilines is 1. The molecule has 5 heteroatoms. The second-order valence-electron chi connectivity index (χ2n) is 5.19. The van der Waals surface area contributed by atoms with E-state index in [-0.39, 0.29) is 24.5 Å². The zero-order valence-electron chi connectivity index (χ0n) is 11.8. The van der Waals surface area contributed by atoms with Crippen molar-refractivity contribution in [3.05, 3.63) is 29.3 Å². The number of amides is 2. The molecule has 2 amide bonds. The Balaban J connectivity index is 2.08. The van der Waals surface area contributed by atoms with Gasteiger partial charge in [-0.2, -0.15) is 0 Å². The van der Waals surface area contributed by atoms with Crippen molar-refractivity contribution in [1.82, 2.24) is 4.90 Å². The molecule has 108 valence electrons. The molecule has 1 aliphatic rings. The number of urea groups is 1. The molecule has 1 saturated heterocycles. The first-order valence-corrected chi connectivity index (χ1v) is 6.83. The average Bonchev–Trinajstić information content (AvgIpc) is 2.86. The number of aliphatic hydroxyl groups is 1. The lowest BCUT2D eigenvalue weighted by Gasteiger charge is -2.23. The van der Waals surface area contributed by atoms with Crippen LogP contribution in [0.15, 0.2) is 18.2 Å². The molecule has 1 fully saturated rings. The lowest BCUT2D eigenvalue weighted by atomic mass is 10.1. The summed E-state index contributed by atoms with van der Waals surface area (Å²) in [5.41, 5.74) is 2.17. The smallest absolute Gasteiger partial charge is 0.322 e. The van der Waals surface area contributed by atoms with Crippen molar-refractivity contribution in [1.29, 1.82) is 0 Å². The molecule has 2 N–H and O–H groups in total. The molecule has 0 aliphatic carbocycles. The van der Waals surface area contributed by atoms with Gasteiger partial charge in [0, 0.05) is 17.8 Å². The van der Waals surface area contributed by atoms with Crippen molar-refractivity contribution in [3.8, 4) is 0 Å². The van der Waals surface area contributed by atoms with Crippen LogP contribution < -0.4 is 5.32 Å². The normalized spacial score (nSPS) is 18.1. The maximum atomic E-state index is 12.2. The van der Waals surface area contributed by atoms with Gasteiger partial charge in [0.1, 0.15) is 0 Å². The zero-order chi connectivity index (χ0) is 14.7. The van der Waals surface area contributed by atoms with E-state index in [1.807, 2.05) is 6.92 Å². The molecule has 5 nitrogen and oxygen atoms in total. The van der Waals surface area contributed by atoms with Gasteiger partial charge in [-0.15, -0.1) is 0 Å². The number of carbonyl (C=O) groups is 2. The summed E-state index contributed by atoms with van der Waals surface area (Å²) in [5.74, 6) is 0.0141. The number of ketones is 1. The summed E-state index contributed by atoms with van der Waals surface area (Å²) < 4.78 is 0. The first-order valence-electron chi connectivity index (χ1n) is 6.83. The SMILES string of the molecule is CC(=O)c1ccc(NC(=O)N2CCC[C@@H]2CO)cc1C. The fourth-order valence-electron chi connectivity index (χ4n) is 2.62. The van der Waals surface area contributed by atoms with Crippen LogP contribution in [0.4, 0.5) is 10.5 Å². The van der Waals surface area contributed by atoms with E-state index in [4.69, 9.17) is 0 Å². The number of carbonyl (C=O) groups excluding carboxylic acids is 2. The Morgan fingerprint density at radius 3 is 2.80 bits per heavy atom. The molecule has 0 saturated carbocycles. The third-order valence-electron chi connectivity index (χ3n) is 3.71. The van der Waals surface area contributed by atoms with Gasteiger partial charge in [-0.1, -0.05) is 0 Å². The maximum Gasteiger partial charge on any atom is 0.322 e. The first-order chi connectivity index (χ1) is 9.52. The minimum atomic E-state index is -0.198.